The second-order valence-electron chi connectivity index (χ2n) is 9.95. The normalized spacial score (nSPS) is 10.8. The van der Waals surface area contributed by atoms with Crippen molar-refractivity contribution in [2.45, 2.75) is 110 Å². The van der Waals surface area contributed by atoms with Crippen molar-refractivity contribution in [1.29, 1.82) is 0 Å². The number of hydrogen-bond acceptors (Lipinski definition) is 3. The average Bonchev–Trinajstić information content (AvgIpc) is 2.91. The van der Waals surface area contributed by atoms with Crippen molar-refractivity contribution in [3.05, 3.63) is 59.7 Å². The number of nitrogens with one attached hydrogen (secondary N) is 1. The molecule has 0 aromatic heterocycles. The Bertz CT molecular complexity index is 911. The van der Waals surface area contributed by atoms with Gasteiger partial charge in [-0.25, -0.2) is 4.79 Å². The summed E-state index contributed by atoms with van der Waals surface area (Å²) in [6.07, 6.45) is 21.3. The molecule has 0 bridgehead atoms. The third-order valence-corrected chi connectivity index (χ3v) is 6.79. The van der Waals surface area contributed by atoms with E-state index in [2.05, 4.69) is 12.2 Å². The Morgan fingerprint density at radius 3 is 1.65 bits per heavy atom. The van der Waals surface area contributed by atoms with Gasteiger partial charge in [0, 0.05) is 0 Å². The van der Waals surface area contributed by atoms with Gasteiger partial charge in [0.15, 0.2) is 0 Å². The molecule has 204 valence electrons. The lowest BCUT2D eigenvalue weighted by Crippen LogP contribution is -2.17. The molecule has 0 radical (unpaired) electrons. The zero-order valence-electron chi connectivity index (χ0n) is 22.8. The van der Waals surface area contributed by atoms with E-state index in [-0.39, 0.29) is 11.1 Å². The molecule has 0 aliphatic rings. The Labute approximate surface area is 224 Å². The molecular formula is C32H47NO4. The number of ether oxygens (including phenoxy) is 1. The van der Waals surface area contributed by atoms with Crippen LogP contribution >= 0.6 is 0 Å². The van der Waals surface area contributed by atoms with Crippen molar-refractivity contribution >= 4 is 17.6 Å². The first-order valence-electron chi connectivity index (χ1n) is 14.5. The predicted octanol–water partition coefficient (Wildman–Crippen LogP) is 9.28. The average molecular weight is 510 g/mol. The third kappa shape index (κ3) is 12.8. The number of aromatic carboxylic acids is 1. The summed E-state index contributed by atoms with van der Waals surface area (Å²) in [5, 5.41) is 12.1. The van der Waals surface area contributed by atoms with Crippen molar-refractivity contribution < 1.29 is 19.4 Å². The van der Waals surface area contributed by atoms with Crippen molar-refractivity contribution in [1.82, 2.24) is 0 Å². The molecule has 0 aliphatic carbocycles. The van der Waals surface area contributed by atoms with E-state index < -0.39 is 11.9 Å². The standard InChI is InChI=1S/C32H47NO4/c1-2-3-4-5-6-7-8-9-10-11-12-13-14-15-16-21-26-37-30-25-20-19-24-29(30)33-31(34)27-22-17-18-23-28(27)32(35)36/h17-20,22-25H,2-16,21,26H2,1H3,(H,33,34)(H,35,36). The summed E-state index contributed by atoms with van der Waals surface area (Å²) in [4.78, 5) is 24.1. The molecule has 0 heterocycles. The van der Waals surface area contributed by atoms with Crippen molar-refractivity contribution in [3.63, 3.8) is 0 Å². The number of unbranched alkanes of at least 4 members (excludes halogenated alkanes) is 15. The second kappa shape index (κ2) is 19.3. The molecule has 2 N–H and O–H groups in total. The van der Waals surface area contributed by atoms with E-state index in [9.17, 15) is 14.7 Å². The maximum Gasteiger partial charge on any atom is 0.336 e. The molecule has 0 atom stereocenters. The molecule has 0 fully saturated rings. The first kappa shape index (κ1) is 30.4. The van der Waals surface area contributed by atoms with E-state index in [1.165, 1.54) is 102 Å². The highest BCUT2D eigenvalue weighted by Gasteiger charge is 2.17. The zero-order valence-corrected chi connectivity index (χ0v) is 22.8. The molecule has 5 heteroatoms. The number of carbonyl (C=O) groups is 2. The second-order valence-corrected chi connectivity index (χ2v) is 9.95. The highest BCUT2D eigenvalue weighted by atomic mass is 16.5. The Kier molecular flexibility index (Phi) is 15.9. The first-order chi connectivity index (χ1) is 18.1. The van der Waals surface area contributed by atoms with Crippen LogP contribution in [-0.2, 0) is 0 Å². The van der Waals surface area contributed by atoms with Crippen LogP contribution in [0.25, 0.3) is 0 Å². The lowest BCUT2D eigenvalue weighted by Gasteiger charge is -2.13. The van der Waals surface area contributed by atoms with Gasteiger partial charge in [0.25, 0.3) is 5.91 Å². The number of carbonyl (C=O) groups excluding carboxylic acids is 1. The van der Waals surface area contributed by atoms with Gasteiger partial charge in [-0.05, 0) is 30.7 Å². The molecule has 2 aromatic rings. The van der Waals surface area contributed by atoms with E-state index in [1.54, 1.807) is 18.2 Å². The zero-order chi connectivity index (χ0) is 26.6. The number of benzene rings is 2. The molecule has 37 heavy (non-hydrogen) atoms. The Morgan fingerprint density at radius 2 is 1.11 bits per heavy atom. The molecule has 0 unspecified atom stereocenters. The molecule has 5 nitrogen and oxygen atoms in total. The molecule has 2 aromatic carbocycles. The van der Waals surface area contributed by atoms with Crippen LogP contribution < -0.4 is 10.1 Å². The number of rotatable bonds is 21. The number of amides is 1. The van der Waals surface area contributed by atoms with Crippen LogP contribution in [0.2, 0.25) is 0 Å². The van der Waals surface area contributed by atoms with Gasteiger partial charge in [-0.1, -0.05) is 128 Å². The van der Waals surface area contributed by atoms with Gasteiger partial charge in [0.1, 0.15) is 5.75 Å². The summed E-state index contributed by atoms with van der Waals surface area (Å²) < 4.78 is 5.94. The fourth-order valence-electron chi connectivity index (χ4n) is 4.59. The van der Waals surface area contributed by atoms with E-state index in [0.717, 1.165) is 12.8 Å². The van der Waals surface area contributed by atoms with E-state index >= 15 is 0 Å². The highest BCUT2D eigenvalue weighted by molar-refractivity contribution is 6.11. The van der Waals surface area contributed by atoms with Crippen LogP contribution in [0.3, 0.4) is 0 Å². The highest BCUT2D eigenvalue weighted by Crippen LogP contribution is 2.25. The topological polar surface area (TPSA) is 75.6 Å². The van der Waals surface area contributed by atoms with Gasteiger partial charge in [-0.15, -0.1) is 0 Å². The number of anilines is 1. The van der Waals surface area contributed by atoms with Crippen molar-refractivity contribution in [2.24, 2.45) is 0 Å². The summed E-state index contributed by atoms with van der Waals surface area (Å²) in [5.74, 6) is -0.986. The van der Waals surface area contributed by atoms with E-state index in [4.69, 9.17) is 4.74 Å². The Balaban J connectivity index is 1.54. The number of para-hydroxylation sites is 2. The van der Waals surface area contributed by atoms with E-state index in [1.807, 2.05) is 18.2 Å². The van der Waals surface area contributed by atoms with Crippen LogP contribution in [0.1, 0.15) is 130 Å². The van der Waals surface area contributed by atoms with Gasteiger partial charge in [-0.3, -0.25) is 4.79 Å². The summed E-state index contributed by atoms with van der Waals surface area (Å²) in [7, 11) is 0. The maximum atomic E-state index is 12.7. The summed E-state index contributed by atoms with van der Waals surface area (Å²) >= 11 is 0. The smallest absolute Gasteiger partial charge is 0.336 e. The Hall–Kier alpha value is -2.82. The minimum atomic E-state index is -1.13. The SMILES string of the molecule is CCCCCCCCCCCCCCCCCCOc1ccccc1NC(=O)c1ccccc1C(=O)O. The third-order valence-electron chi connectivity index (χ3n) is 6.79. The number of hydrogen-bond donors (Lipinski definition) is 2. The molecule has 2 rings (SSSR count). The van der Waals surface area contributed by atoms with Crippen LogP contribution in [0, 0.1) is 0 Å². The largest absolute Gasteiger partial charge is 0.491 e. The van der Waals surface area contributed by atoms with Crippen LogP contribution in [0.4, 0.5) is 5.69 Å². The van der Waals surface area contributed by atoms with E-state index in [0.29, 0.717) is 18.0 Å². The minimum absolute atomic E-state index is 0.0217. The van der Waals surface area contributed by atoms with Crippen LogP contribution in [0.15, 0.2) is 48.5 Å². The minimum Gasteiger partial charge on any atom is -0.491 e. The fourth-order valence-corrected chi connectivity index (χ4v) is 4.59. The number of carboxylic acid groups (broad SMARTS) is 1. The van der Waals surface area contributed by atoms with Crippen LogP contribution in [0.5, 0.6) is 5.75 Å². The summed E-state index contributed by atoms with van der Waals surface area (Å²) in [5.41, 5.74) is 0.651. The van der Waals surface area contributed by atoms with Crippen molar-refractivity contribution in [3.8, 4) is 5.75 Å². The molecule has 0 saturated carbocycles. The van der Waals surface area contributed by atoms with Gasteiger partial charge in [-0.2, -0.15) is 0 Å². The van der Waals surface area contributed by atoms with Gasteiger partial charge in [0.2, 0.25) is 0 Å². The summed E-state index contributed by atoms with van der Waals surface area (Å²) in [6, 6.07) is 13.5. The Morgan fingerprint density at radius 1 is 0.649 bits per heavy atom. The fraction of sp³-hybridized carbons (Fsp3) is 0.562. The first-order valence-corrected chi connectivity index (χ1v) is 14.5. The monoisotopic (exact) mass is 509 g/mol. The van der Waals surface area contributed by atoms with Gasteiger partial charge >= 0.3 is 5.97 Å². The molecule has 0 aliphatic heterocycles. The lowest BCUT2D eigenvalue weighted by molar-refractivity contribution is 0.0692. The molecule has 1 amide bonds. The molecule has 0 saturated heterocycles. The maximum absolute atomic E-state index is 12.7. The van der Waals surface area contributed by atoms with Gasteiger partial charge in [0.05, 0.1) is 23.4 Å². The predicted molar refractivity (Wildman–Crippen MR) is 153 cm³/mol. The summed E-state index contributed by atoms with van der Waals surface area (Å²) in [6.45, 7) is 2.87. The molecular weight excluding hydrogens is 462 g/mol. The van der Waals surface area contributed by atoms with Crippen LogP contribution in [-0.4, -0.2) is 23.6 Å². The molecule has 0 spiro atoms. The van der Waals surface area contributed by atoms with Gasteiger partial charge < -0.3 is 15.2 Å². The lowest BCUT2D eigenvalue weighted by atomic mass is 10.0. The van der Waals surface area contributed by atoms with Crippen molar-refractivity contribution in [2.75, 3.05) is 11.9 Å². The quantitative estimate of drug-likeness (QED) is 0.164. The number of carboxylic acids is 1.